The number of aromatic nitrogens is 2. The van der Waals surface area contributed by atoms with Crippen LogP contribution in [0.3, 0.4) is 0 Å². The third-order valence-corrected chi connectivity index (χ3v) is 2.20. The Morgan fingerprint density at radius 3 is 3.00 bits per heavy atom. The number of nitrogens with one attached hydrogen (secondary N) is 1. The van der Waals surface area contributed by atoms with E-state index >= 15 is 0 Å². The molecule has 0 atom stereocenters. The van der Waals surface area contributed by atoms with Crippen molar-refractivity contribution in [2.75, 3.05) is 5.32 Å². The summed E-state index contributed by atoms with van der Waals surface area (Å²) in [7, 11) is 0. The quantitative estimate of drug-likeness (QED) is 0.837. The maximum absolute atomic E-state index is 12.9. The van der Waals surface area contributed by atoms with Gasteiger partial charge in [0.05, 0.1) is 6.67 Å². The summed E-state index contributed by atoms with van der Waals surface area (Å²) >= 11 is 0. The summed E-state index contributed by atoms with van der Waals surface area (Å²) in [4.78, 5) is 11.8. The van der Waals surface area contributed by atoms with Gasteiger partial charge in [0.2, 0.25) is 0 Å². The fourth-order valence-electron chi connectivity index (χ4n) is 1.43. The Kier molecular flexibility index (Phi) is 3.15. The molecule has 0 aliphatic rings. The van der Waals surface area contributed by atoms with Crippen LogP contribution in [0.5, 0.6) is 0 Å². The average Bonchev–Trinajstić information content (AvgIpc) is 2.77. The fraction of sp³-hybridized carbons (Fsp3) is 0.0909. The first-order chi connectivity index (χ1) is 8.20. The summed E-state index contributed by atoms with van der Waals surface area (Å²) in [5.41, 5.74) is 6.13. The summed E-state index contributed by atoms with van der Waals surface area (Å²) in [6.07, 6.45) is 1.48. The van der Waals surface area contributed by atoms with Crippen molar-refractivity contribution in [1.82, 2.24) is 9.78 Å². The van der Waals surface area contributed by atoms with Gasteiger partial charge in [-0.05, 0) is 24.3 Å². The number of halogens is 1. The largest absolute Gasteiger partial charge is 0.321 e. The van der Waals surface area contributed by atoms with Crippen molar-refractivity contribution < 1.29 is 9.18 Å². The summed E-state index contributed by atoms with van der Waals surface area (Å²) in [5, 5.41) is 6.44. The van der Waals surface area contributed by atoms with E-state index < -0.39 is 5.82 Å². The second-order valence-electron chi connectivity index (χ2n) is 3.36. The van der Waals surface area contributed by atoms with Crippen molar-refractivity contribution in [2.24, 2.45) is 5.73 Å². The molecule has 1 heterocycles. The lowest BCUT2D eigenvalue weighted by atomic mass is 10.3. The van der Waals surface area contributed by atoms with Crippen molar-refractivity contribution in [3.05, 3.63) is 48.0 Å². The smallest absolute Gasteiger partial charge is 0.273 e. The van der Waals surface area contributed by atoms with Crippen LogP contribution in [0.25, 0.3) is 0 Å². The molecule has 0 fully saturated rings. The third kappa shape index (κ3) is 2.48. The van der Waals surface area contributed by atoms with Gasteiger partial charge in [-0.1, -0.05) is 6.07 Å². The predicted molar refractivity (Wildman–Crippen MR) is 60.8 cm³/mol. The molecule has 0 unspecified atom stereocenters. The topological polar surface area (TPSA) is 72.9 Å². The normalized spacial score (nSPS) is 10.2. The molecule has 5 nitrogen and oxygen atoms in total. The molecule has 2 aromatic rings. The average molecular weight is 234 g/mol. The molecule has 1 amide bonds. The monoisotopic (exact) mass is 234 g/mol. The first kappa shape index (κ1) is 11.3. The van der Waals surface area contributed by atoms with E-state index in [9.17, 15) is 9.18 Å². The standard InChI is InChI=1S/C11H11FN4O/c12-8-2-1-3-9(6-8)15-11(17)10-4-5-14-16(10)7-13/h1-6H,7,13H2,(H,15,17). The highest BCUT2D eigenvalue weighted by Crippen LogP contribution is 2.10. The number of carbonyl (C=O) groups excluding carboxylic acids is 1. The zero-order valence-electron chi connectivity index (χ0n) is 8.93. The molecule has 6 heteroatoms. The second kappa shape index (κ2) is 4.75. The third-order valence-electron chi connectivity index (χ3n) is 2.20. The van der Waals surface area contributed by atoms with Gasteiger partial charge >= 0.3 is 0 Å². The van der Waals surface area contributed by atoms with E-state index in [2.05, 4.69) is 10.4 Å². The maximum atomic E-state index is 12.9. The molecule has 0 radical (unpaired) electrons. The Balaban J connectivity index is 2.17. The molecule has 3 N–H and O–H groups in total. The highest BCUT2D eigenvalue weighted by molar-refractivity contribution is 6.02. The van der Waals surface area contributed by atoms with Crippen LogP contribution in [-0.4, -0.2) is 15.7 Å². The van der Waals surface area contributed by atoms with Gasteiger partial charge < -0.3 is 11.1 Å². The van der Waals surface area contributed by atoms with E-state index in [1.54, 1.807) is 12.1 Å². The van der Waals surface area contributed by atoms with Crippen molar-refractivity contribution in [3.8, 4) is 0 Å². The minimum atomic E-state index is -0.407. The molecule has 0 saturated carbocycles. The molecule has 0 saturated heterocycles. The van der Waals surface area contributed by atoms with E-state index in [0.29, 0.717) is 11.4 Å². The summed E-state index contributed by atoms with van der Waals surface area (Å²) in [5.74, 6) is -0.784. The Labute approximate surface area is 97.0 Å². The molecule has 0 aliphatic heterocycles. The number of hydrogen-bond acceptors (Lipinski definition) is 3. The Morgan fingerprint density at radius 2 is 2.29 bits per heavy atom. The van der Waals surface area contributed by atoms with Gasteiger partial charge in [0.1, 0.15) is 11.5 Å². The van der Waals surface area contributed by atoms with Crippen molar-refractivity contribution in [3.63, 3.8) is 0 Å². The maximum Gasteiger partial charge on any atom is 0.273 e. The van der Waals surface area contributed by atoms with Gasteiger partial charge in [0.25, 0.3) is 5.91 Å². The molecule has 0 aliphatic carbocycles. The summed E-state index contributed by atoms with van der Waals surface area (Å²) in [6, 6.07) is 7.21. The molecule has 1 aromatic carbocycles. The molecule has 0 spiro atoms. The van der Waals surface area contributed by atoms with E-state index in [1.807, 2.05) is 0 Å². The van der Waals surface area contributed by atoms with Crippen LogP contribution in [0.2, 0.25) is 0 Å². The van der Waals surface area contributed by atoms with Crippen LogP contribution in [0.1, 0.15) is 10.5 Å². The number of rotatable bonds is 3. The minimum absolute atomic E-state index is 0.110. The SMILES string of the molecule is NCn1nccc1C(=O)Nc1cccc(F)c1. The Hall–Kier alpha value is -2.21. The van der Waals surface area contributed by atoms with Crippen LogP contribution in [0.15, 0.2) is 36.5 Å². The summed E-state index contributed by atoms with van der Waals surface area (Å²) < 4.78 is 14.3. The van der Waals surface area contributed by atoms with Crippen molar-refractivity contribution in [1.29, 1.82) is 0 Å². The highest BCUT2D eigenvalue weighted by Gasteiger charge is 2.11. The Bertz CT molecular complexity index is 538. The first-order valence-electron chi connectivity index (χ1n) is 4.99. The number of carbonyl (C=O) groups is 1. The fourth-order valence-corrected chi connectivity index (χ4v) is 1.43. The van der Waals surface area contributed by atoms with Crippen LogP contribution < -0.4 is 11.1 Å². The number of nitrogens with zero attached hydrogens (tertiary/aromatic N) is 2. The zero-order chi connectivity index (χ0) is 12.3. The number of anilines is 1. The molecule has 17 heavy (non-hydrogen) atoms. The van der Waals surface area contributed by atoms with Crippen molar-refractivity contribution >= 4 is 11.6 Å². The number of benzene rings is 1. The Morgan fingerprint density at radius 1 is 1.47 bits per heavy atom. The van der Waals surface area contributed by atoms with E-state index in [1.165, 1.54) is 29.1 Å². The van der Waals surface area contributed by atoms with Crippen LogP contribution in [-0.2, 0) is 6.67 Å². The minimum Gasteiger partial charge on any atom is -0.321 e. The number of amides is 1. The van der Waals surface area contributed by atoms with E-state index in [0.717, 1.165) is 0 Å². The van der Waals surface area contributed by atoms with Gasteiger partial charge in [-0.25, -0.2) is 9.07 Å². The van der Waals surface area contributed by atoms with Gasteiger partial charge in [0.15, 0.2) is 0 Å². The van der Waals surface area contributed by atoms with E-state index in [4.69, 9.17) is 5.73 Å². The number of hydrogen-bond donors (Lipinski definition) is 2. The van der Waals surface area contributed by atoms with Gasteiger partial charge in [-0.2, -0.15) is 5.10 Å². The second-order valence-corrected chi connectivity index (χ2v) is 3.36. The lowest BCUT2D eigenvalue weighted by Gasteiger charge is -2.06. The van der Waals surface area contributed by atoms with Crippen LogP contribution >= 0.6 is 0 Å². The van der Waals surface area contributed by atoms with Gasteiger partial charge in [-0.15, -0.1) is 0 Å². The lowest BCUT2D eigenvalue weighted by Crippen LogP contribution is -2.20. The molecule has 88 valence electrons. The molecule has 1 aromatic heterocycles. The molecular formula is C11H11FN4O. The zero-order valence-corrected chi connectivity index (χ0v) is 8.93. The predicted octanol–water partition coefficient (Wildman–Crippen LogP) is 1.19. The summed E-state index contributed by atoms with van der Waals surface area (Å²) in [6.45, 7) is 0.110. The molecular weight excluding hydrogens is 223 g/mol. The molecule has 2 rings (SSSR count). The van der Waals surface area contributed by atoms with E-state index in [-0.39, 0.29) is 12.6 Å². The highest BCUT2D eigenvalue weighted by atomic mass is 19.1. The van der Waals surface area contributed by atoms with Crippen molar-refractivity contribution in [2.45, 2.75) is 6.67 Å². The first-order valence-corrected chi connectivity index (χ1v) is 4.99. The molecule has 0 bridgehead atoms. The van der Waals surface area contributed by atoms with Gasteiger partial charge in [0, 0.05) is 11.9 Å². The van der Waals surface area contributed by atoms with Gasteiger partial charge in [-0.3, -0.25) is 4.79 Å². The van der Waals surface area contributed by atoms with Crippen LogP contribution in [0, 0.1) is 5.82 Å². The lowest BCUT2D eigenvalue weighted by molar-refractivity contribution is 0.101. The van der Waals surface area contributed by atoms with Crippen LogP contribution in [0.4, 0.5) is 10.1 Å². The number of nitrogens with two attached hydrogens (primary N) is 1.